The fraction of sp³-hybridized carbons (Fsp3) is 0.250. The van der Waals surface area contributed by atoms with Gasteiger partial charge in [-0.1, -0.05) is 6.07 Å². The quantitative estimate of drug-likeness (QED) is 0.580. The zero-order valence-corrected chi connectivity index (χ0v) is 6.02. The second-order valence-corrected chi connectivity index (χ2v) is 2.14. The van der Waals surface area contributed by atoms with Gasteiger partial charge in [0.2, 0.25) is 0 Å². The molecule has 1 aromatic rings. The maximum Gasteiger partial charge on any atom is 0.165 e. The Hall–Kier alpha value is -1.05. The van der Waals surface area contributed by atoms with Gasteiger partial charge in [-0.3, -0.25) is 0 Å². The smallest absolute Gasteiger partial charge is 0.165 e. The van der Waals surface area contributed by atoms with E-state index in [2.05, 4.69) is 0 Å². The molecule has 0 saturated heterocycles. The minimum atomic E-state index is -0.303. The molecule has 0 aliphatic carbocycles. The summed E-state index contributed by atoms with van der Waals surface area (Å²) in [7, 11) is 1.45. The molecular weight excluding hydrogens is 131 g/mol. The van der Waals surface area contributed by atoms with Crippen LogP contribution in [-0.2, 0) is 0 Å². The van der Waals surface area contributed by atoms with Crippen molar-refractivity contribution in [2.24, 2.45) is 0 Å². The lowest BCUT2D eigenvalue weighted by molar-refractivity contribution is 0.386. The average molecular weight is 140 g/mol. The van der Waals surface area contributed by atoms with E-state index >= 15 is 0 Å². The summed E-state index contributed by atoms with van der Waals surface area (Å²) in [6.45, 7) is 1.84. The zero-order chi connectivity index (χ0) is 7.56. The van der Waals surface area contributed by atoms with Gasteiger partial charge in [-0.05, 0) is 24.6 Å². The van der Waals surface area contributed by atoms with Gasteiger partial charge in [-0.2, -0.15) is 0 Å². The Morgan fingerprint density at radius 3 is 2.60 bits per heavy atom. The van der Waals surface area contributed by atoms with Crippen LogP contribution in [-0.4, -0.2) is 7.11 Å². The summed E-state index contributed by atoms with van der Waals surface area (Å²) in [5.41, 5.74) is 0.901. The molecule has 0 aliphatic heterocycles. The van der Waals surface area contributed by atoms with Crippen molar-refractivity contribution in [3.63, 3.8) is 0 Å². The molecule has 0 N–H and O–H groups in total. The van der Waals surface area contributed by atoms with Crippen LogP contribution in [0.4, 0.5) is 4.39 Å². The van der Waals surface area contributed by atoms with Crippen LogP contribution < -0.4 is 4.74 Å². The standard InChI is InChI=1S/C8H9FO/c1-6-3-4-8(10-2)7(9)5-6/h3-5H,1-2H3. The molecular formula is C8H9FO. The van der Waals surface area contributed by atoms with Gasteiger partial charge in [0.25, 0.3) is 0 Å². The van der Waals surface area contributed by atoms with Gasteiger partial charge in [0.1, 0.15) is 0 Å². The minimum Gasteiger partial charge on any atom is -0.494 e. The van der Waals surface area contributed by atoms with Crippen LogP contribution >= 0.6 is 0 Å². The number of methoxy groups -OCH3 is 1. The average Bonchev–Trinajstić information content (AvgIpc) is 1.88. The van der Waals surface area contributed by atoms with Crippen molar-refractivity contribution >= 4 is 0 Å². The van der Waals surface area contributed by atoms with Crippen molar-refractivity contribution in [3.05, 3.63) is 29.6 Å². The van der Waals surface area contributed by atoms with Crippen LogP contribution in [0.15, 0.2) is 18.2 Å². The van der Waals surface area contributed by atoms with E-state index in [4.69, 9.17) is 4.74 Å². The van der Waals surface area contributed by atoms with Crippen LogP contribution in [0.25, 0.3) is 0 Å². The number of halogens is 1. The molecule has 0 aliphatic rings. The molecule has 54 valence electrons. The first-order valence-electron chi connectivity index (χ1n) is 3.04. The number of benzene rings is 1. The Bertz CT molecular complexity index is 233. The van der Waals surface area contributed by atoms with Gasteiger partial charge in [-0.25, -0.2) is 4.39 Å². The molecule has 1 aromatic carbocycles. The summed E-state index contributed by atoms with van der Waals surface area (Å²) in [6, 6.07) is 4.87. The van der Waals surface area contributed by atoms with Gasteiger partial charge < -0.3 is 4.74 Å². The van der Waals surface area contributed by atoms with Crippen LogP contribution in [0, 0.1) is 12.7 Å². The van der Waals surface area contributed by atoms with Crippen molar-refractivity contribution < 1.29 is 9.13 Å². The van der Waals surface area contributed by atoms with E-state index in [9.17, 15) is 4.39 Å². The molecule has 0 aromatic heterocycles. The molecule has 0 saturated carbocycles. The summed E-state index contributed by atoms with van der Waals surface area (Å²) < 4.78 is 17.5. The van der Waals surface area contributed by atoms with E-state index in [0.29, 0.717) is 5.75 Å². The zero-order valence-electron chi connectivity index (χ0n) is 6.02. The summed E-state index contributed by atoms with van der Waals surface area (Å²) in [5, 5.41) is 0. The second-order valence-electron chi connectivity index (χ2n) is 2.14. The molecule has 0 unspecified atom stereocenters. The lowest BCUT2D eigenvalue weighted by Crippen LogP contribution is -1.87. The molecule has 0 spiro atoms. The lowest BCUT2D eigenvalue weighted by Gasteiger charge is -2.00. The normalized spacial score (nSPS) is 9.50. The Labute approximate surface area is 59.4 Å². The summed E-state index contributed by atoms with van der Waals surface area (Å²) in [5.74, 6) is -0.00639. The summed E-state index contributed by atoms with van der Waals surface area (Å²) >= 11 is 0. The Kier molecular flexibility index (Phi) is 1.90. The number of hydrogen-bond acceptors (Lipinski definition) is 1. The van der Waals surface area contributed by atoms with E-state index in [1.165, 1.54) is 13.2 Å². The second kappa shape index (κ2) is 2.69. The third kappa shape index (κ3) is 1.26. The van der Waals surface area contributed by atoms with Gasteiger partial charge >= 0.3 is 0 Å². The van der Waals surface area contributed by atoms with E-state index in [1.54, 1.807) is 6.07 Å². The van der Waals surface area contributed by atoms with Gasteiger partial charge in [0, 0.05) is 0 Å². The molecule has 1 rings (SSSR count). The number of aryl methyl sites for hydroxylation is 1. The number of hydrogen-bond donors (Lipinski definition) is 0. The van der Waals surface area contributed by atoms with Crippen LogP contribution in [0.5, 0.6) is 5.75 Å². The fourth-order valence-electron chi connectivity index (χ4n) is 0.771. The van der Waals surface area contributed by atoms with E-state index in [1.807, 2.05) is 13.0 Å². The number of rotatable bonds is 1. The van der Waals surface area contributed by atoms with Crippen LogP contribution in [0.3, 0.4) is 0 Å². The van der Waals surface area contributed by atoms with Gasteiger partial charge in [-0.15, -0.1) is 0 Å². The SMILES string of the molecule is COc1ccc(C)cc1F. The minimum absolute atomic E-state index is 0.297. The molecule has 0 bridgehead atoms. The Morgan fingerprint density at radius 2 is 2.10 bits per heavy atom. The Balaban J connectivity index is 3.07. The predicted octanol–water partition coefficient (Wildman–Crippen LogP) is 2.14. The van der Waals surface area contributed by atoms with E-state index in [-0.39, 0.29) is 5.82 Å². The first kappa shape index (κ1) is 7.06. The topological polar surface area (TPSA) is 9.23 Å². The molecule has 0 heterocycles. The molecule has 0 fully saturated rings. The molecule has 10 heavy (non-hydrogen) atoms. The van der Waals surface area contributed by atoms with E-state index in [0.717, 1.165) is 5.56 Å². The highest BCUT2D eigenvalue weighted by molar-refractivity contribution is 5.28. The van der Waals surface area contributed by atoms with Crippen LogP contribution in [0.1, 0.15) is 5.56 Å². The molecule has 1 nitrogen and oxygen atoms in total. The van der Waals surface area contributed by atoms with Gasteiger partial charge in [0.05, 0.1) is 7.11 Å². The van der Waals surface area contributed by atoms with Crippen molar-refractivity contribution in [2.75, 3.05) is 7.11 Å². The van der Waals surface area contributed by atoms with Crippen molar-refractivity contribution in [1.82, 2.24) is 0 Å². The molecule has 0 atom stereocenters. The highest BCUT2D eigenvalue weighted by Gasteiger charge is 1.98. The first-order valence-corrected chi connectivity index (χ1v) is 3.04. The summed E-state index contributed by atoms with van der Waals surface area (Å²) in [4.78, 5) is 0. The van der Waals surface area contributed by atoms with Crippen molar-refractivity contribution in [2.45, 2.75) is 6.92 Å². The molecule has 0 amide bonds. The Morgan fingerprint density at radius 1 is 1.40 bits per heavy atom. The number of ether oxygens (including phenoxy) is 1. The monoisotopic (exact) mass is 140 g/mol. The third-order valence-corrected chi connectivity index (χ3v) is 1.31. The fourth-order valence-corrected chi connectivity index (χ4v) is 0.771. The molecule has 2 heteroatoms. The van der Waals surface area contributed by atoms with E-state index < -0.39 is 0 Å². The maximum atomic E-state index is 12.7. The highest BCUT2D eigenvalue weighted by atomic mass is 19.1. The van der Waals surface area contributed by atoms with Crippen molar-refractivity contribution in [3.8, 4) is 5.75 Å². The largest absolute Gasteiger partial charge is 0.494 e. The van der Waals surface area contributed by atoms with Gasteiger partial charge in [0.15, 0.2) is 11.6 Å². The highest BCUT2D eigenvalue weighted by Crippen LogP contribution is 2.16. The summed E-state index contributed by atoms with van der Waals surface area (Å²) in [6.07, 6.45) is 0. The first-order chi connectivity index (χ1) is 4.74. The molecule has 0 radical (unpaired) electrons. The van der Waals surface area contributed by atoms with Crippen LogP contribution in [0.2, 0.25) is 0 Å². The van der Waals surface area contributed by atoms with Crippen molar-refractivity contribution in [1.29, 1.82) is 0 Å². The third-order valence-electron chi connectivity index (χ3n) is 1.31. The predicted molar refractivity (Wildman–Crippen MR) is 37.7 cm³/mol. The lowest BCUT2D eigenvalue weighted by atomic mass is 10.2. The maximum absolute atomic E-state index is 12.7.